The molecule has 3 aromatic heterocycles. The molecule has 6 heteroatoms. The van der Waals surface area contributed by atoms with Crippen LogP contribution >= 0.6 is 0 Å². The van der Waals surface area contributed by atoms with E-state index in [-0.39, 0.29) is 21.1 Å². The second-order valence-electron chi connectivity index (χ2n) is 13.1. The van der Waals surface area contributed by atoms with E-state index >= 15 is 0 Å². The number of hydrogen-bond acceptors (Lipinski definition) is 1. The van der Waals surface area contributed by atoms with Gasteiger partial charge in [-0.3, -0.25) is 0 Å². The molecule has 0 amide bonds. The summed E-state index contributed by atoms with van der Waals surface area (Å²) in [6.45, 7) is 18.2. The molecule has 0 spiro atoms. The fourth-order valence-electron chi connectivity index (χ4n) is 6.03. The van der Waals surface area contributed by atoms with Crippen molar-refractivity contribution in [2.45, 2.75) is 78.2 Å². The number of fused-ring (bicyclic) bond motifs is 1. The Hall–Kier alpha value is -3.69. The van der Waals surface area contributed by atoms with Crippen LogP contribution < -0.4 is 9.55 Å². The molecule has 44 heavy (non-hydrogen) atoms. The Kier molecular flexibility index (Phi) is 8.66. The van der Waals surface area contributed by atoms with Crippen LogP contribution in [0.3, 0.4) is 0 Å². The molecule has 3 aromatic carbocycles. The molecule has 0 aliphatic carbocycles. The monoisotopic (exact) mass is 762 g/mol. The first-order valence-corrected chi connectivity index (χ1v) is 15.3. The quantitative estimate of drug-likeness (QED) is 0.116. The van der Waals surface area contributed by atoms with Crippen LogP contribution in [0.4, 0.5) is 0 Å². The first-order chi connectivity index (χ1) is 20.5. The minimum absolute atomic E-state index is 0. The Balaban J connectivity index is 0.00000384. The summed E-state index contributed by atoms with van der Waals surface area (Å²) in [5, 5.41) is 0. The van der Waals surface area contributed by atoms with Gasteiger partial charge in [-0.2, -0.15) is 36.5 Å². The molecule has 0 unspecified atom stereocenters. The largest absolute Gasteiger partial charge is 0.661 e. The number of nitrogens with zero attached hydrogens (tertiary/aromatic N) is 5. The van der Waals surface area contributed by atoms with Crippen molar-refractivity contribution in [1.29, 1.82) is 0 Å². The first-order valence-electron chi connectivity index (χ1n) is 15.3. The molecule has 0 fully saturated rings. The normalized spacial score (nSPS) is 12.3. The number of para-hydroxylation sites is 4. The third-order valence-electron chi connectivity index (χ3n) is 9.30. The van der Waals surface area contributed by atoms with Gasteiger partial charge < -0.3 is 18.7 Å². The number of benzene rings is 3. The first kappa shape index (κ1) is 31.7. The molecule has 0 aliphatic rings. The van der Waals surface area contributed by atoms with Crippen LogP contribution in [0.25, 0.3) is 33.9 Å². The minimum Gasteiger partial charge on any atom is -0.661 e. The van der Waals surface area contributed by atoms with E-state index in [0.29, 0.717) is 11.8 Å². The number of rotatable bonds is 8. The van der Waals surface area contributed by atoms with Crippen molar-refractivity contribution < 1.29 is 25.6 Å². The van der Waals surface area contributed by atoms with Crippen molar-refractivity contribution in [3.8, 4) is 22.9 Å². The third kappa shape index (κ3) is 5.20. The molecule has 0 saturated carbocycles. The van der Waals surface area contributed by atoms with Crippen molar-refractivity contribution in [3.63, 3.8) is 0 Å². The topological polar surface area (TPSA) is 40.7 Å². The van der Waals surface area contributed by atoms with Gasteiger partial charge >= 0.3 is 0 Å². The Labute approximate surface area is 276 Å². The van der Waals surface area contributed by atoms with Crippen molar-refractivity contribution in [2.75, 3.05) is 0 Å². The molecule has 3 heterocycles. The van der Waals surface area contributed by atoms with Gasteiger partial charge in [0, 0.05) is 32.7 Å². The molecule has 5 nitrogen and oxygen atoms in total. The molecule has 0 atom stereocenters. The smallest absolute Gasteiger partial charge is 0.243 e. The molecule has 0 bridgehead atoms. The number of hydrogen-bond donors (Lipinski definition) is 0. The molecular weight excluding hydrogens is 722 g/mol. The van der Waals surface area contributed by atoms with Gasteiger partial charge in [0.1, 0.15) is 5.82 Å². The maximum absolute atomic E-state index is 5.40. The summed E-state index contributed by atoms with van der Waals surface area (Å²) in [5.41, 5.74) is 8.07. The molecule has 6 rings (SSSR count). The summed E-state index contributed by atoms with van der Waals surface area (Å²) in [7, 11) is 0. The summed E-state index contributed by atoms with van der Waals surface area (Å²) in [5.74, 6) is 1.58. The van der Waals surface area contributed by atoms with Crippen molar-refractivity contribution >= 4 is 11.0 Å². The van der Waals surface area contributed by atoms with E-state index in [0.717, 1.165) is 33.9 Å². The molecule has 230 valence electrons. The zero-order valence-corrected chi connectivity index (χ0v) is 29.1. The maximum atomic E-state index is 5.40. The molecule has 0 aliphatic heterocycles. The summed E-state index contributed by atoms with van der Waals surface area (Å²) >= 11 is 0. The standard InChI is InChI=1S/C38H41N5.Pt/c1-26(2)29-18-14-19-30(27(3)4)35(29)41-24-34(40-36(41)31-20-15-23-39-31)37(5,6)38(7,8)43-25-42(28-16-10-9-11-17-28)32-21-12-13-22-33(32)43;/h9-16,18-24,26-27H,1-8H3;/q-2;. The SMILES string of the molecule is CC(C)c1cccc(C(C)C)c1-n1cc(C(C)(C)C(C)(C)n2[c-][n+](-c3[c-]cccc3)c3ccccc32)nc1-c1ccc[n-]1.[Pt]. The van der Waals surface area contributed by atoms with Crippen molar-refractivity contribution in [3.05, 3.63) is 120 Å². The van der Waals surface area contributed by atoms with Crippen molar-refractivity contribution in [2.24, 2.45) is 0 Å². The van der Waals surface area contributed by atoms with E-state index in [9.17, 15) is 0 Å². The average Bonchev–Trinajstić information content (AvgIpc) is 3.76. The van der Waals surface area contributed by atoms with Crippen LogP contribution in [0.2, 0.25) is 0 Å². The van der Waals surface area contributed by atoms with Crippen LogP contribution in [0.5, 0.6) is 0 Å². The van der Waals surface area contributed by atoms with E-state index in [1.807, 2.05) is 30.5 Å². The van der Waals surface area contributed by atoms with Gasteiger partial charge in [-0.15, -0.1) is 0 Å². The Bertz CT molecular complexity index is 1850. The van der Waals surface area contributed by atoms with Gasteiger partial charge in [0.2, 0.25) is 6.33 Å². The van der Waals surface area contributed by atoms with E-state index in [2.05, 4.69) is 142 Å². The number of imidazole rings is 2. The third-order valence-corrected chi connectivity index (χ3v) is 9.30. The van der Waals surface area contributed by atoms with Gasteiger partial charge in [0.15, 0.2) is 0 Å². The summed E-state index contributed by atoms with van der Waals surface area (Å²) in [4.78, 5) is 10.1. The van der Waals surface area contributed by atoms with Gasteiger partial charge in [-0.1, -0.05) is 93.7 Å². The second-order valence-corrected chi connectivity index (χ2v) is 13.1. The summed E-state index contributed by atoms with van der Waals surface area (Å²) in [6, 6.07) is 30.7. The molecule has 6 aromatic rings. The van der Waals surface area contributed by atoms with Crippen molar-refractivity contribution in [1.82, 2.24) is 19.1 Å². The Morgan fingerprint density at radius 3 is 2.11 bits per heavy atom. The van der Waals surface area contributed by atoms with E-state index in [4.69, 9.17) is 9.97 Å². The fourth-order valence-corrected chi connectivity index (χ4v) is 6.03. The number of aromatic nitrogens is 5. The van der Waals surface area contributed by atoms with E-state index in [1.165, 1.54) is 16.8 Å². The second kappa shape index (κ2) is 12.0. The van der Waals surface area contributed by atoms with Gasteiger partial charge in [-0.05, 0) is 50.7 Å². The van der Waals surface area contributed by atoms with Crippen LogP contribution in [0, 0.1) is 12.4 Å². The van der Waals surface area contributed by atoms with Gasteiger partial charge in [0.05, 0.1) is 28.0 Å². The van der Waals surface area contributed by atoms with Gasteiger partial charge in [-0.25, -0.2) is 4.98 Å². The van der Waals surface area contributed by atoms with Crippen LogP contribution in [-0.2, 0) is 32.0 Å². The fraction of sp³-hybridized carbons (Fsp3) is 0.316. The Morgan fingerprint density at radius 2 is 1.50 bits per heavy atom. The minimum atomic E-state index is -0.416. The molecule has 0 saturated heterocycles. The average molecular weight is 763 g/mol. The van der Waals surface area contributed by atoms with Gasteiger partial charge in [0.25, 0.3) is 0 Å². The predicted octanol–water partition coefficient (Wildman–Crippen LogP) is 8.29. The molecular formula is C38H41N5Pt-2. The van der Waals surface area contributed by atoms with Crippen LogP contribution in [-0.4, -0.2) is 14.1 Å². The summed E-state index contributed by atoms with van der Waals surface area (Å²) in [6.07, 6.45) is 7.81. The predicted molar refractivity (Wildman–Crippen MR) is 174 cm³/mol. The maximum Gasteiger partial charge on any atom is 0.243 e. The molecule has 0 radical (unpaired) electrons. The zero-order valence-electron chi connectivity index (χ0n) is 26.9. The molecule has 0 N–H and O–H groups in total. The van der Waals surface area contributed by atoms with E-state index < -0.39 is 11.0 Å². The van der Waals surface area contributed by atoms with Crippen LogP contribution in [0.1, 0.15) is 84.0 Å². The van der Waals surface area contributed by atoms with E-state index in [1.54, 1.807) is 0 Å². The zero-order chi connectivity index (χ0) is 30.5. The summed E-state index contributed by atoms with van der Waals surface area (Å²) < 4.78 is 6.69. The van der Waals surface area contributed by atoms with Crippen LogP contribution in [0.15, 0.2) is 91.3 Å². The Morgan fingerprint density at radius 1 is 0.818 bits per heavy atom.